The SMILES string of the molecule is CN(C)S(=O)(=O)N(CCN1CCCC1)C1CCN(C(=O)Nc2cc(F)ccc2F)C1. The molecule has 2 heterocycles. The molecule has 0 radical (unpaired) electrons. The number of nitrogens with one attached hydrogen (secondary N) is 1. The van der Waals surface area contributed by atoms with Crippen LogP contribution in [-0.2, 0) is 10.2 Å². The van der Waals surface area contributed by atoms with E-state index < -0.39 is 27.9 Å². The van der Waals surface area contributed by atoms with Crippen LogP contribution < -0.4 is 5.32 Å². The molecule has 1 aromatic rings. The lowest BCUT2D eigenvalue weighted by atomic mass is 10.2. The van der Waals surface area contributed by atoms with Crippen molar-refractivity contribution in [1.29, 1.82) is 0 Å². The summed E-state index contributed by atoms with van der Waals surface area (Å²) < 4.78 is 55.6. The Morgan fingerprint density at radius 3 is 2.57 bits per heavy atom. The summed E-state index contributed by atoms with van der Waals surface area (Å²) >= 11 is 0. The monoisotopic (exact) mass is 445 g/mol. The number of urea groups is 1. The summed E-state index contributed by atoms with van der Waals surface area (Å²) in [6.45, 7) is 3.44. The molecule has 2 aliphatic rings. The van der Waals surface area contributed by atoms with Crippen LogP contribution in [0.15, 0.2) is 18.2 Å². The van der Waals surface area contributed by atoms with E-state index in [-0.39, 0.29) is 18.3 Å². The fourth-order valence-electron chi connectivity index (χ4n) is 3.89. The van der Waals surface area contributed by atoms with Gasteiger partial charge in [0.15, 0.2) is 0 Å². The Hall–Kier alpha value is -1.82. The van der Waals surface area contributed by atoms with Gasteiger partial charge in [-0.25, -0.2) is 13.6 Å². The molecule has 2 amide bonds. The zero-order valence-corrected chi connectivity index (χ0v) is 18.2. The predicted octanol–water partition coefficient (Wildman–Crippen LogP) is 1.78. The van der Waals surface area contributed by atoms with E-state index in [1.54, 1.807) is 0 Å². The first-order chi connectivity index (χ1) is 14.2. The summed E-state index contributed by atoms with van der Waals surface area (Å²) in [5, 5.41) is 2.38. The Labute approximate surface area is 176 Å². The topological polar surface area (TPSA) is 76.2 Å². The standard InChI is InChI=1S/C19H29F2N5O3S/c1-23(2)30(28,29)26(12-11-24-8-3-4-9-24)16-7-10-25(14-16)19(27)22-18-13-15(20)5-6-17(18)21/h5-6,13,16H,3-4,7-12,14H2,1-2H3,(H,22,27). The molecule has 2 fully saturated rings. The Bertz CT molecular complexity index is 862. The van der Waals surface area contributed by atoms with Crippen molar-refractivity contribution in [1.82, 2.24) is 18.4 Å². The second kappa shape index (κ2) is 9.54. The summed E-state index contributed by atoms with van der Waals surface area (Å²) in [6.07, 6.45) is 2.72. The molecule has 0 bridgehead atoms. The molecule has 2 aliphatic heterocycles. The highest BCUT2D eigenvalue weighted by Crippen LogP contribution is 2.22. The minimum Gasteiger partial charge on any atom is -0.323 e. The molecule has 0 aliphatic carbocycles. The van der Waals surface area contributed by atoms with Gasteiger partial charge in [-0.15, -0.1) is 0 Å². The lowest BCUT2D eigenvalue weighted by Gasteiger charge is -2.32. The highest BCUT2D eigenvalue weighted by Gasteiger charge is 2.37. The molecule has 1 unspecified atom stereocenters. The third-order valence-electron chi connectivity index (χ3n) is 5.62. The summed E-state index contributed by atoms with van der Waals surface area (Å²) in [6, 6.07) is 1.88. The van der Waals surface area contributed by atoms with Crippen LogP contribution in [0.5, 0.6) is 0 Å². The molecule has 0 aromatic heterocycles. The third-order valence-corrected chi connectivity index (χ3v) is 7.62. The Morgan fingerprint density at radius 1 is 1.20 bits per heavy atom. The average Bonchev–Trinajstić information content (AvgIpc) is 3.37. The van der Waals surface area contributed by atoms with E-state index in [2.05, 4.69) is 10.2 Å². The van der Waals surface area contributed by atoms with E-state index in [4.69, 9.17) is 0 Å². The Morgan fingerprint density at radius 2 is 1.90 bits per heavy atom. The van der Waals surface area contributed by atoms with Gasteiger partial charge in [0.2, 0.25) is 0 Å². The lowest BCUT2D eigenvalue weighted by molar-refractivity contribution is 0.214. The smallest absolute Gasteiger partial charge is 0.321 e. The maximum atomic E-state index is 13.8. The van der Waals surface area contributed by atoms with Crippen molar-refractivity contribution in [2.45, 2.75) is 25.3 Å². The molecule has 1 aromatic carbocycles. The molecule has 0 saturated carbocycles. The summed E-state index contributed by atoms with van der Waals surface area (Å²) in [4.78, 5) is 16.2. The molecule has 2 saturated heterocycles. The Balaban J connectivity index is 1.67. The quantitative estimate of drug-likeness (QED) is 0.694. The van der Waals surface area contributed by atoms with Crippen molar-refractivity contribution in [3.8, 4) is 0 Å². The first kappa shape index (κ1) is 22.9. The number of carbonyl (C=O) groups excluding carboxylic acids is 1. The maximum absolute atomic E-state index is 13.8. The van der Waals surface area contributed by atoms with Crippen LogP contribution in [-0.4, -0.2) is 92.3 Å². The van der Waals surface area contributed by atoms with Gasteiger partial charge in [-0.05, 0) is 44.5 Å². The number of nitrogens with zero attached hydrogens (tertiary/aromatic N) is 4. The zero-order chi connectivity index (χ0) is 21.9. The van der Waals surface area contributed by atoms with E-state index in [1.807, 2.05) is 0 Å². The molecule has 11 heteroatoms. The minimum atomic E-state index is -3.66. The average molecular weight is 446 g/mol. The van der Waals surface area contributed by atoms with Gasteiger partial charge in [-0.3, -0.25) is 0 Å². The Kier molecular flexibility index (Phi) is 7.27. The van der Waals surface area contributed by atoms with Crippen LogP contribution in [0.25, 0.3) is 0 Å². The number of hydrogen-bond donors (Lipinski definition) is 1. The third kappa shape index (κ3) is 5.26. The number of benzene rings is 1. The van der Waals surface area contributed by atoms with Crippen molar-refractivity contribution in [3.63, 3.8) is 0 Å². The fourth-order valence-corrected chi connectivity index (χ4v) is 5.17. The second-order valence-corrected chi connectivity index (χ2v) is 9.99. The van der Waals surface area contributed by atoms with Crippen LogP contribution >= 0.6 is 0 Å². The number of carbonyl (C=O) groups is 1. The molecule has 1 N–H and O–H groups in total. The molecule has 168 valence electrons. The molecule has 30 heavy (non-hydrogen) atoms. The number of hydrogen-bond acceptors (Lipinski definition) is 4. The van der Waals surface area contributed by atoms with Gasteiger partial charge in [-0.1, -0.05) is 0 Å². The molecule has 0 spiro atoms. The van der Waals surface area contributed by atoms with E-state index >= 15 is 0 Å². The number of amides is 2. The van der Waals surface area contributed by atoms with Crippen LogP contribution in [0.1, 0.15) is 19.3 Å². The van der Waals surface area contributed by atoms with Crippen LogP contribution in [0.2, 0.25) is 0 Å². The fraction of sp³-hybridized carbons (Fsp3) is 0.632. The zero-order valence-electron chi connectivity index (χ0n) is 17.4. The van der Waals surface area contributed by atoms with Gasteiger partial charge < -0.3 is 15.1 Å². The summed E-state index contributed by atoms with van der Waals surface area (Å²) in [5.41, 5.74) is -0.241. The minimum absolute atomic E-state index is 0.190. The number of likely N-dealkylation sites (tertiary alicyclic amines) is 2. The van der Waals surface area contributed by atoms with E-state index in [0.717, 1.165) is 44.1 Å². The first-order valence-corrected chi connectivity index (χ1v) is 11.5. The highest BCUT2D eigenvalue weighted by molar-refractivity contribution is 7.86. The van der Waals surface area contributed by atoms with Crippen molar-refractivity contribution in [3.05, 3.63) is 29.8 Å². The van der Waals surface area contributed by atoms with E-state index in [1.165, 1.54) is 27.6 Å². The van der Waals surface area contributed by atoms with E-state index in [0.29, 0.717) is 26.1 Å². The second-order valence-electron chi connectivity index (χ2n) is 7.89. The number of rotatable bonds is 7. The molecule has 1 atom stereocenters. The van der Waals surface area contributed by atoms with Gasteiger partial charge >= 0.3 is 6.03 Å². The largest absolute Gasteiger partial charge is 0.323 e. The normalized spacial score (nSPS) is 20.5. The van der Waals surface area contributed by atoms with Gasteiger partial charge in [0, 0.05) is 52.4 Å². The molecular formula is C19H29F2N5O3S. The van der Waals surface area contributed by atoms with Gasteiger partial charge in [0.1, 0.15) is 11.6 Å². The van der Waals surface area contributed by atoms with Crippen molar-refractivity contribution >= 4 is 21.9 Å². The van der Waals surface area contributed by atoms with Gasteiger partial charge in [0.05, 0.1) is 5.69 Å². The summed E-state index contributed by atoms with van der Waals surface area (Å²) in [7, 11) is -0.682. The highest BCUT2D eigenvalue weighted by atomic mass is 32.2. The van der Waals surface area contributed by atoms with Crippen LogP contribution in [0.4, 0.5) is 19.3 Å². The molecule has 8 nitrogen and oxygen atoms in total. The van der Waals surface area contributed by atoms with E-state index in [9.17, 15) is 22.0 Å². The van der Waals surface area contributed by atoms with Crippen molar-refractivity contribution < 1.29 is 22.0 Å². The van der Waals surface area contributed by atoms with Crippen molar-refractivity contribution in [2.24, 2.45) is 0 Å². The maximum Gasteiger partial charge on any atom is 0.321 e. The predicted molar refractivity (Wildman–Crippen MR) is 110 cm³/mol. The van der Waals surface area contributed by atoms with Crippen LogP contribution in [0, 0.1) is 11.6 Å². The van der Waals surface area contributed by atoms with Crippen LogP contribution in [0.3, 0.4) is 0 Å². The number of anilines is 1. The van der Waals surface area contributed by atoms with Gasteiger partial charge in [0.25, 0.3) is 10.2 Å². The molecular weight excluding hydrogens is 416 g/mol. The van der Waals surface area contributed by atoms with Gasteiger partial charge in [-0.2, -0.15) is 17.0 Å². The number of halogens is 2. The van der Waals surface area contributed by atoms with Crippen molar-refractivity contribution in [2.75, 3.05) is 58.7 Å². The first-order valence-electron chi connectivity index (χ1n) is 10.1. The molecule has 3 rings (SSSR count). The summed E-state index contributed by atoms with van der Waals surface area (Å²) in [5.74, 6) is -1.39. The lowest BCUT2D eigenvalue weighted by Crippen LogP contribution is -2.50.